The molecule has 21 heteroatoms. The Bertz CT molecular complexity index is 3950. The molecule has 0 spiro atoms. The summed E-state index contributed by atoms with van der Waals surface area (Å²) in [5, 5.41) is 51.2. The monoisotopic (exact) mass is 1500 g/mol. The van der Waals surface area contributed by atoms with Crippen molar-refractivity contribution in [1.82, 2.24) is 21.7 Å². The molecule has 2 aliphatic heterocycles. The Morgan fingerprint density at radius 2 is 1.14 bits per heavy atom. The molecule has 6 aromatic rings. The van der Waals surface area contributed by atoms with Gasteiger partial charge >= 0.3 is 12.1 Å². The number of nitrogens with one attached hydrogen (secondary N) is 2. The maximum absolute atomic E-state index is 13.8. The van der Waals surface area contributed by atoms with Gasteiger partial charge in [-0.05, 0) is 200 Å². The summed E-state index contributed by atoms with van der Waals surface area (Å²) in [6.07, 6.45) is 10.0. The minimum absolute atomic E-state index is 0. The highest BCUT2D eigenvalue weighted by Crippen LogP contribution is 2.51. The smallest absolute Gasteiger partial charge is 0.411 e. The number of hydrogen-bond acceptors (Lipinski definition) is 13. The van der Waals surface area contributed by atoms with Crippen LogP contribution in [0, 0.1) is 46.5 Å². The molecule has 10 atom stereocenters. The fourth-order valence-electron chi connectivity index (χ4n) is 15.5. The lowest BCUT2D eigenvalue weighted by atomic mass is 9.71. The summed E-state index contributed by atoms with van der Waals surface area (Å²) >= 11 is 0. The van der Waals surface area contributed by atoms with Crippen LogP contribution in [0.1, 0.15) is 220 Å². The number of hydrogen-bond donors (Lipinski definition) is 9. The Balaban J connectivity index is 0.000000258. The summed E-state index contributed by atoms with van der Waals surface area (Å²) in [4.78, 5) is 80.8. The van der Waals surface area contributed by atoms with Crippen molar-refractivity contribution < 1.29 is 72.2 Å². The van der Waals surface area contributed by atoms with Crippen molar-refractivity contribution in [2.24, 2.45) is 45.7 Å². The predicted molar refractivity (Wildman–Crippen MR) is 418 cm³/mol. The van der Waals surface area contributed by atoms with Crippen molar-refractivity contribution in [1.29, 1.82) is 0 Å². The number of amides is 3. The third kappa shape index (κ3) is 26.4. The van der Waals surface area contributed by atoms with Crippen LogP contribution in [0.25, 0.3) is 4.85 Å². The molecule has 0 aromatic heterocycles. The van der Waals surface area contributed by atoms with Crippen LogP contribution in [0.5, 0.6) is 17.2 Å². The van der Waals surface area contributed by atoms with Gasteiger partial charge in [0.05, 0.1) is 42.1 Å². The van der Waals surface area contributed by atoms with Gasteiger partial charge in [-0.25, -0.2) is 0 Å². The third-order valence-corrected chi connectivity index (χ3v) is 21.0. The predicted octanol–water partition coefficient (Wildman–Crippen LogP) is 16.6. The van der Waals surface area contributed by atoms with E-state index < -0.39 is 47.6 Å². The molecular weight excluding hydrogens is 1380 g/mol. The fourth-order valence-corrected chi connectivity index (χ4v) is 15.5. The van der Waals surface area contributed by atoms with E-state index in [9.17, 15) is 52.2 Å². The number of benzene rings is 6. The van der Waals surface area contributed by atoms with Gasteiger partial charge in [0.25, 0.3) is 12.6 Å². The molecule has 0 bridgehead atoms. The minimum atomic E-state index is -4.40. The molecule has 3 aliphatic carbocycles. The van der Waals surface area contributed by atoms with Crippen LogP contribution < -0.4 is 22.5 Å². The van der Waals surface area contributed by atoms with E-state index in [0.29, 0.717) is 38.0 Å². The van der Waals surface area contributed by atoms with E-state index in [1.165, 1.54) is 46.2 Å². The summed E-state index contributed by atoms with van der Waals surface area (Å²) in [6, 6.07) is 42.4. The number of Topliss-reactive ketones (excluding diaryl/α,β-unsaturated/α-hetero) is 1. The number of carboxylic acid groups (broad SMARTS) is 1. The Morgan fingerprint density at radius 3 is 1.60 bits per heavy atom. The van der Waals surface area contributed by atoms with Crippen molar-refractivity contribution in [3.8, 4) is 23.8 Å². The first kappa shape index (κ1) is 89.7. The SMILES string of the molecule is C#[N+][C@@H]1CCCc2ccccc21.CC(C)CC(C)(C)C=O.CC1(C)C[C@@H]2c3cc(O)ccc3C[C@H](N)C(=O)N2C1C(=O)N[C@@H]1CCCc2ccccc21.COC(C)CC(C)(C)C(CC(=O)[C@@H](C)Cc1ccc(O)cc1)C(=O)N[C@@H]1CCCc2ccccc21.C[C@@H](Cc1ccc(O)cc1)C(=O)O.N.OCC(F)(F)F. The maximum Gasteiger partial charge on any atom is 0.411 e. The van der Waals surface area contributed by atoms with E-state index in [-0.39, 0.29) is 101 Å². The number of aliphatic hydroxyl groups excluding tert-OH is 1. The molecule has 6 aromatic carbocycles. The summed E-state index contributed by atoms with van der Waals surface area (Å²) < 4.78 is 37.1. The summed E-state index contributed by atoms with van der Waals surface area (Å²) in [5.41, 5.74) is 16.8. The lowest BCUT2D eigenvalue weighted by Crippen LogP contribution is -2.55. The van der Waals surface area contributed by atoms with Gasteiger partial charge in [-0.1, -0.05) is 177 Å². The van der Waals surface area contributed by atoms with Crippen molar-refractivity contribution in [3.63, 3.8) is 0 Å². The first-order valence-electron chi connectivity index (χ1n) is 37.5. The topological polar surface area (TPSA) is 305 Å². The second-order valence-electron chi connectivity index (χ2n) is 31.9. The number of ketones is 1. The number of fused-ring (bicyclic) bond motifs is 6. The van der Waals surface area contributed by atoms with E-state index in [4.69, 9.17) is 32.4 Å². The molecule has 588 valence electrons. The number of aryl methyl sites for hydroxylation is 3. The lowest BCUT2D eigenvalue weighted by molar-refractivity contribution is -0.159. The van der Waals surface area contributed by atoms with E-state index in [2.05, 4.69) is 97.8 Å². The van der Waals surface area contributed by atoms with Crippen molar-refractivity contribution >= 4 is 35.8 Å². The second kappa shape index (κ2) is 41.0. The number of phenolic OH excluding ortho intramolecular Hbond substituents is 3. The number of aliphatic hydroxyl groups is 1. The number of carbonyl (C=O) groups is 6. The number of aldehydes is 1. The molecular formula is C87H118F3N6O12+. The maximum atomic E-state index is 13.8. The summed E-state index contributed by atoms with van der Waals surface area (Å²) in [6.45, 7) is 25.6. The van der Waals surface area contributed by atoms with Crippen molar-refractivity contribution in [2.45, 2.75) is 227 Å². The average Bonchev–Trinajstić information content (AvgIpc) is 1.58. The molecule has 2 heterocycles. The molecule has 3 amide bonds. The molecule has 0 radical (unpaired) electrons. The first-order chi connectivity index (χ1) is 50.4. The molecule has 12 N–H and O–H groups in total. The number of rotatable bonds is 19. The number of aromatic hydroxyl groups is 3. The number of halogens is 3. The van der Waals surface area contributed by atoms with Gasteiger partial charge in [0.15, 0.2) is 0 Å². The molecule has 11 rings (SSSR count). The van der Waals surface area contributed by atoms with Gasteiger partial charge in [0.1, 0.15) is 42.0 Å². The zero-order chi connectivity index (χ0) is 79.1. The number of carbonyl (C=O) groups excluding carboxylic acids is 5. The number of methoxy groups -OCH3 is 1. The first-order valence-corrected chi connectivity index (χ1v) is 37.5. The van der Waals surface area contributed by atoms with Crippen LogP contribution in [-0.2, 0) is 72.0 Å². The minimum Gasteiger partial charge on any atom is -0.508 e. The number of alkyl halides is 3. The molecule has 0 saturated carbocycles. The Morgan fingerprint density at radius 1 is 0.676 bits per heavy atom. The third-order valence-electron chi connectivity index (χ3n) is 21.0. The number of nitrogens with zero attached hydrogens (tertiary/aromatic N) is 2. The van der Waals surface area contributed by atoms with Gasteiger partial charge in [-0.15, -0.1) is 0 Å². The number of aliphatic carboxylic acids is 1. The van der Waals surface area contributed by atoms with Crippen LogP contribution in [0.15, 0.2) is 140 Å². The standard InChI is InChI=1S/C30H41NO4.C26H31N3O3.C11H12N.C10H12O3.C8H16O.C2H3F3O.H3N/c1-20(17-22-13-15-24(32)16-14-22)28(33)18-26(30(3,4)19-21(2)35-5)29(34)31-27-12-8-10-23-9-6-7-11-25(23)27;1-26(2)14-22-19-13-17(30)11-10-16(19)12-20(27)25(32)29(22)23(26)24(31)28-21-9-5-7-15-6-3-4-8-18(15)21;1-12-11-8-4-6-9-5-2-3-7-10(9)11;1-7(10(12)13)6-8-2-4-9(11)5-3-8;1-7(2)5-8(3,4)6-9;3-2(4,5)1-6;/h6-7,9,11,13-16,20-21,26-27,32H,8,10,12,17-19H2,1-5H3,(H,31,34);3-4,6,8,10-11,13,20-23,30H,5,7,9,12,14,27H2,1-2H3,(H,28,31);1-3,5,7,11H,4,6,8H2;2-5,7,11H,6H2,1H3,(H,12,13);6-7H,5H2,1-4H3;6H,1H2;1H3/q;;+1;;;;/t20-,21?,26?,27+;20-,21+,22+,23?;11-;7-;;;/m0010.../s1. The van der Waals surface area contributed by atoms with Gasteiger partial charge in [0.2, 0.25) is 17.7 Å². The van der Waals surface area contributed by atoms with E-state index in [0.717, 1.165) is 79.9 Å². The largest absolute Gasteiger partial charge is 0.508 e. The Labute approximate surface area is 637 Å². The van der Waals surface area contributed by atoms with Crippen LogP contribution in [0.4, 0.5) is 13.2 Å². The van der Waals surface area contributed by atoms with E-state index in [1.807, 2.05) is 77.9 Å². The van der Waals surface area contributed by atoms with E-state index >= 15 is 0 Å². The van der Waals surface area contributed by atoms with Gasteiger partial charge in [-0.2, -0.15) is 13.2 Å². The number of carboxylic acids is 1. The Hall–Kier alpha value is -8.94. The van der Waals surface area contributed by atoms with Crippen LogP contribution in [0.2, 0.25) is 0 Å². The van der Waals surface area contributed by atoms with Crippen LogP contribution in [0.3, 0.4) is 0 Å². The van der Waals surface area contributed by atoms with Gasteiger partial charge < -0.3 is 62.5 Å². The number of phenols is 3. The molecule has 18 nitrogen and oxygen atoms in total. The summed E-state index contributed by atoms with van der Waals surface area (Å²) in [7, 11) is 1.68. The molecule has 3 unspecified atom stereocenters. The molecule has 1 saturated heterocycles. The highest BCUT2D eigenvalue weighted by molar-refractivity contribution is 5.92. The zero-order valence-electron chi connectivity index (χ0n) is 65.2. The highest BCUT2D eigenvalue weighted by Gasteiger charge is 2.55. The normalized spacial score (nSPS) is 19.8. The molecule has 5 aliphatic rings. The quantitative estimate of drug-likeness (QED) is 0.0341. The fraction of sp³-hybridized carbons (Fsp3) is 0.506. The van der Waals surface area contributed by atoms with Crippen LogP contribution in [-0.4, -0.2) is 104 Å². The molecule has 1 fully saturated rings. The van der Waals surface area contributed by atoms with E-state index in [1.54, 1.807) is 67.5 Å². The molecule has 108 heavy (non-hydrogen) atoms. The van der Waals surface area contributed by atoms with Gasteiger partial charge in [0, 0.05) is 36.8 Å². The highest BCUT2D eigenvalue weighted by atomic mass is 19.4. The van der Waals surface area contributed by atoms with Gasteiger partial charge in [-0.3, -0.25) is 24.0 Å². The average molecular weight is 1500 g/mol. The zero-order valence-corrected chi connectivity index (χ0v) is 65.2. The van der Waals surface area contributed by atoms with Crippen molar-refractivity contribution in [2.75, 3.05) is 13.7 Å². The number of nitrogens with two attached hydrogens (primary N) is 1. The van der Waals surface area contributed by atoms with Crippen molar-refractivity contribution in [3.05, 3.63) is 200 Å². The Kier molecular flexibility index (Phi) is 34.1. The number of ether oxygens (including phenoxy) is 1. The lowest BCUT2D eigenvalue weighted by Gasteiger charge is -2.37. The second-order valence-corrected chi connectivity index (χ2v) is 31.9. The van der Waals surface area contributed by atoms with Crippen LogP contribution >= 0.6 is 0 Å². The summed E-state index contributed by atoms with van der Waals surface area (Å²) in [5.74, 6) is -0.951.